The molecule has 0 amide bonds. The van der Waals surface area contributed by atoms with Crippen LogP contribution in [0.2, 0.25) is 0 Å². The molecule has 0 unspecified atom stereocenters. The summed E-state index contributed by atoms with van der Waals surface area (Å²) in [6.45, 7) is 20.3. The van der Waals surface area contributed by atoms with E-state index in [-0.39, 0.29) is 11.2 Å². The zero-order chi connectivity index (χ0) is 35.0. The molecule has 0 atom stereocenters. The van der Waals surface area contributed by atoms with Gasteiger partial charge in [0, 0.05) is 22.9 Å². The van der Waals surface area contributed by atoms with Gasteiger partial charge in [-0.15, -0.1) is 11.3 Å². The van der Waals surface area contributed by atoms with Gasteiger partial charge in [-0.3, -0.25) is 4.99 Å². The quantitative estimate of drug-likeness (QED) is 0.165. The molecule has 1 heterocycles. The van der Waals surface area contributed by atoms with E-state index >= 15 is 0 Å². The number of aromatic nitrogens is 1. The number of thiazole rings is 1. The van der Waals surface area contributed by atoms with Crippen molar-refractivity contribution in [2.24, 2.45) is 4.99 Å². The number of nitrogens with zero attached hydrogens (tertiary/aromatic N) is 2. The van der Waals surface area contributed by atoms with Gasteiger partial charge < -0.3 is 5.11 Å². The molecule has 6 rings (SSSR count). The Morgan fingerprint density at radius 1 is 0.694 bits per heavy atom. The van der Waals surface area contributed by atoms with Gasteiger partial charge in [0.05, 0.1) is 15.9 Å². The fourth-order valence-corrected chi connectivity index (χ4v) is 7.46. The largest absolute Gasteiger partial charge is 0.507 e. The normalized spacial score (nSPS) is 12.3. The van der Waals surface area contributed by atoms with Crippen molar-refractivity contribution < 1.29 is 5.11 Å². The zero-order valence-corrected chi connectivity index (χ0v) is 31.1. The monoisotopic (exact) mass is 664 g/mol. The van der Waals surface area contributed by atoms with Crippen molar-refractivity contribution in [3.05, 3.63) is 125 Å². The summed E-state index contributed by atoms with van der Waals surface area (Å²) in [4.78, 5) is 10.1. The van der Waals surface area contributed by atoms with Gasteiger partial charge in [-0.2, -0.15) is 0 Å². The van der Waals surface area contributed by atoms with Crippen LogP contribution in [0, 0.1) is 0 Å². The van der Waals surface area contributed by atoms with Crippen LogP contribution in [0.1, 0.15) is 108 Å². The molecule has 250 valence electrons. The van der Waals surface area contributed by atoms with E-state index in [0.29, 0.717) is 23.3 Å². The second-order valence-corrected chi connectivity index (χ2v) is 16.1. The molecule has 0 bridgehead atoms. The van der Waals surface area contributed by atoms with Crippen LogP contribution in [-0.4, -0.2) is 16.3 Å². The van der Waals surface area contributed by atoms with E-state index < -0.39 is 0 Å². The van der Waals surface area contributed by atoms with E-state index in [1.807, 2.05) is 30.3 Å². The van der Waals surface area contributed by atoms with Crippen LogP contribution in [0.15, 0.2) is 102 Å². The highest BCUT2D eigenvalue weighted by molar-refractivity contribution is 7.21. The molecule has 0 radical (unpaired) electrons. The van der Waals surface area contributed by atoms with Gasteiger partial charge in [-0.1, -0.05) is 129 Å². The molecular weight excluding hydrogens is 617 g/mol. The number of rotatable bonds is 8. The maximum absolute atomic E-state index is 10.6. The van der Waals surface area contributed by atoms with Gasteiger partial charge in [0.2, 0.25) is 0 Å². The minimum Gasteiger partial charge on any atom is -0.507 e. The Balaban J connectivity index is 1.37. The molecule has 3 nitrogen and oxygen atoms in total. The summed E-state index contributed by atoms with van der Waals surface area (Å²) in [5, 5.41) is 11.5. The van der Waals surface area contributed by atoms with Crippen molar-refractivity contribution in [2.45, 2.75) is 85.5 Å². The summed E-state index contributed by atoms with van der Waals surface area (Å²) in [6, 6.07) is 34.2. The molecule has 0 saturated heterocycles. The van der Waals surface area contributed by atoms with Gasteiger partial charge in [0.25, 0.3) is 0 Å². The molecule has 6 aromatic rings. The predicted octanol–water partition coefficient (Wildman–Crippen LogP) is 13.4. The Labute approximate surface area is 296 Å². The summed E-state index contributed by atoms with van der Waals surface area (Å²) < 4.78 is 1.14. The lowest BCUT2D eigenvalue weighted by molar-refractivity contribution is 0.473. The molecule has 49 heavy (non-hydrogen) atoms. The topological polar surface area (TPSA) is 45.5 Å². The minimum absolute atomic E-state index is 0.0274. The number of fused-ring (bicyclic) bond motifs is 1. The molecule has 0 spiro atoms. The Morgan fingerprint density at radius 2 is 1.33 bits per heavy atom. The van der Waals surface area contributed by atoms with Crippen molar-refractivity contribution in [1.82, 2.24) is 4.98 Å². The summed E-state index contributed by atoms with van der Waals surface area (Å²) in [5.74, 6) is 1.57. The fraction of sp³-hybridized carbons (Fsp3) is 0.289. The highest BCUT2D eigenvalue weighted by atomic mass is 32.1. The molecular formula is C45H48N2OS. The SMILES string of the molecule is CC(C)c1cc(C(C)C)c(-c2ccc(-c3cccc4sc(-c5ccccc5N=Cc5cc(C(C)(C)C)ccc5O)nc34)cc2)c(C(C)C)c1. The fourth-order valence-electron chi connectivity index (χ4n) is 6.43. The number of benzene rings is 5. The van der Waals surface area contributed by atoms with Crippen molar-refractivity contribution in [1.29, 1.82) is 0 Å². The van der Waals surface area contributed by atoms with Crippen LogP contribution >= 0.6 is 11.3 Å². The average Bonchev–Trinajstić information content (AvgIpc) is 3.51. The average molecular weight is 665 g/mol. The molecule has 5 aromatic carbocycles. The van der Waals surface area contributed by atoms with Gasteiger partial charge in [0.15, 0.2) is 0 Å². The first kappa shape index (κ1) is 34.3. The lowest BCUT2D eigenvalue weighted by atomic mass is 9.81. The Bertz CT molecular complexity index is 2110. The lowest BCUT2D eigenvalue weighted by Gasteiger charge is -2.23. The van der Waals surface area contributed by atoms with Gasteiger partial charge in [-0.05, 0) is 92.4 Å². The van der Waals surface area contributed by atoms with Gasteiger partial charge >= 0.3 is 0 Å². The van der Waals surface area contributed by atoms with Crippen LogP contribution < -0.4 is 0 Å². The highest BCUT2D eigenvalue weighted by Gasteiger charge is 2.20. The summed E-state index contributed by atoms with van der Waals surface area (Å²) in [5.41, 5.74) is 13.8. The van der Waals surface area contributed by atoms with E-state index in [0.717, 1.165) is 43.2 Å². The smallest absolute Gasteiger partial charge is 0.126 e. The molecule has 1 N–H and O–H groups in total. The summed E-state index contributed by atoms with van der Waals surface area (Å²) in [7, 11) is 0. The second-order valence-electron chi connectivity index (χ2n) is 15.1. The van der Waals surface area contributed by atoms with Crippen molar-refractivity contribution >= 4 is 33.5 Å². The second kappa shape index (κ2) is 13.8. The number of aliphatic imine (C=N–C) groups is 1. The van der Waals surface area contributed by atoms with E-state index in [4.69, 9.17) is 9.98 Å². The Morgan fingerprint density at radius 3 is 1.96 bits per heavy atom. The summed E-state index contributed by atoms with van der Waals surface area (Å²) >= 11 is 1.68. The lowest BCUT2D eigenvalue weighted by Crippen LogP contribution is -2.11. The Kier molecular flexibility index (Phi) is 9.64. The summed E-state index contributed by atoms with van der Waals surface area (Å²) in [6.07, 6.45) is 1.76. The molecule has 0 fully saturated rings. The minimum atomic E-state index is -0.0274. The third kappa shape index (κ3) is 7.12. The molecule has 1 aromatic heterocycles. The van der Waals surface area contributed by atoms with E-state index in [9.17, 15) is 5.11 Å². The number of hydrogen-bond donors (Lipinski definition) is 1. The first-order valence-electron chi connectivity index (χ1n) is 17.5. The predicted molar refractivity (Wildman–Crippen MR) is 212 cm³/mol. The standard InChI is InChI=1S/C45H48N2OS/c1-27(2)32-24-37(28(3)4)42(38(25-32)29(5)6)31-19-17-30(18-20-31)35-14-12-16-41-43(35)47-44(49-41)36-13-10-11-15-39(36)46-26-33-23-34(45(7,8)9)21-22-40(33)48/h10-29,48H,1-9H3. The first-order chi connectivity index (χ1) is 23.3. The molecule has 4 heteroatoms. The molecule has 0 aliphatic carbocycles. The zero-order valence-electron chi connectivity index (χ0n) is 30.3. The van der Waals surface area contributed by atoms with Crippen molar-refractivity contribution in [3.63, 3.8) is 0 Å². The van der Waals surface area contributed by atoms with Gasteiger partial charge in [0.1, 0.15) is 10.8 Å². The maximum atomic E-state index is 10.6. The molecule has 0 aliphatic heterocycles. The number of phenolic OH excluding ortho intramolecular Hbond substituents is 1. The van der Waals surface area contributed by atoms with Crippen LogP contribution in [0.3, 0.4) is 0 Å². The third-order valence-corrected chi connectivity index (χ3v) is 10.5. The van der Waals surface area contributed by atoms with Crippen LogP contribution in [0.4, 0.5) is 5.69 Å². The molecule has 0 aliphatic rings. The van der Waals surface area contributed by atoms with Crippen molar-refractivity contribution in [2.75, 3.05) is 0 Å². The van der Waals surface area contributed by atoms with Crippen molar-refractivity contribution in [3.8, 4) is 38.6 Å². The Hall–Kier alpha value is -4.54. The van der Waals surface area contributed by atoms with E-state index in [1.165, 1.54) is 27.8 Å². The first-order valence-corrected chi connectivity index (χ1v) is 18.3. The maximum Gasteiger partial charge on any atom is 0.126 e. The number of phenols is 1. The van der Waals surface area contributed by atoms with Crippen LogP contribution in [0.25, 0.3) is 43.0 Å². The van der Waals surface area contributed by atoms with E-state index in [2.05, 4.69) is 123 Å². The van der Waals surface area contributed by atoms with Gasteiger partial charge in [-0.25, -0.2) is 4.98 Å². The van der Waals surface area contributed by atoms with Crippen LogP contribution in [0.5, 0.6) is 5.75 Å². The number of aromatic hydroxyl groups is 1. The number of hydrogen-bond acceptors (Lipinski definition) is 4. The number of para-hydroxylation sites is 2. The third-order valence-electron chi connectivity index (χ3n) is 9.41. The van der Waals surface area contributed by atoms with E-state index in [1.54, 1.807) is 23.6 Å². The molecule has 0 saturated carbocycles. The highest BCUT2D eigenvalue weighted by Crippen LogP contribution is 2.42. The van der Waals surface area contributed by atoms with Crippen LogP contribution in [-0.2, 0) is 5.41 Å².